The molecule has 6 nitrogen and oxygen atoms in total. The van der Waals surface area contributed by atoms with E-state index in [2.05, 4.69) is 5.32 Å². The summed E-state index contributed by atoms with van der Waals surface area (Å²) in [6.45, 7) is 1.58. The average molecular weight is 259 g/mol. The van der Waals surface area contributed by atoms with Crippen molar-refractivity contribution < 1.29 is 24.2 Å². The second-order valence-corrected chi connectivity index (χ2v) is 4.57. The number of aliphatic carboxylic acids is 1. The third-order valence-electron chi connectivity index (χ3n) is 3.28. The Kier molecular flexibility index (Phi) is 6.07. The average Bonchev–Trinajstić information content (AvgIpc) is 2.37. The third-order valence-corrected chi connectivity index (χ3v) is 3.28. The van der Waals surface area contributed by atoms with Gasteiger partial charge in [-0.2, -0.15) is 0 Å². The molecule has 0 bridgehead atoms. The van der Waals surface area contributed by atoms with E-state index in [-0.39, 0.29) is 12.5 Å². The van der Waals surface area contributed by atoms with Crippen LogP contribution in [0, 0.1) is 5.41 Å². The van der Waals surface area contributed by atoms with Crippen LogP contribution in [-0.2, 0) is 19.1 Å². The molecule has 0 aromatic carbocycles. The minimum absolute atomic E-state index is 0.126. The van der Waals surface area contributed by atoms with Crippen LogP contribution in [0.25, 0.3) is 0 Å². The van der Waals surface area contributed by atoms with Crippen LogP contribution in [0.2, 0.25) is 0 Å². The molecule has 1 amide bonds. The van der Waals surface area contributed by atoms with Crippen LogP contribution in [0.15, 0.2) is 0 Å². The first kappa shape index (κ1) is 14.9. The number of carboxylic acid groups (broad SMARTS) is 1. The number of hydrogen-bond acceptors (Lipinski definition) is 4. The van der Waals surface area contributed by atoms with E-state index >= 15 is 0 Å². The molecule has 0 unspecified atom stereocenters. The zero-order chi connectivity index (χ0) is 13.4. The first-order valence-electron chi connectivity index (χ1n) is 6.17. The van der Waals surface area contributed by atoms with Crippen molar-refractivity contribution in [3.8, 4) is 0 Å². The molecule has 1 aliphatic rings. The van der Waals surface area contributed by atoms with Crippen molar-refractivity contribution in [1.29, 1.82) is 0 Å². The number of methoxy groups -OCH3 is 1. The van der Waals surface area contributed by atoms with Crippen molar-refractivity contribution in [3.05, 3.63) is 0 Å². The predicted molar refractivity (Wildman–Crippen MR) is 64.2 cm³/mol. The Balaban J connectivity index is 2.38. The molecule has 0 aliphatic carbocycles. The molecule has 0 aromatic rings. The van der Waals surface area contributed by atoms with Crippen molar-refractivity contribution in [1.82, 2.24) is 5.32 Å². The SMILES string of the molecule is COCCCC(=O)NCC1(C(=O)O)CCOCC1. The van der Waals surface area contributed by atoms with Gasteiger partial charge in [0.05, 0.1) is 5.41 Å². The molecule has 1 rings (SSSR count). The van der Waals surface area contributed by atoms with Gasteiger partial charge in [-0.25, -0.2) is 0 Å². The van der Waals surface area contributed by atoms with Crippen molar-refractivity contribution in [2.45, 2.75) is 25.7 Å². The Hall–Kier alpha value is -1.14. The summed E-state index contributed by atoms with van der Waals surface area (Å²) in [4.78, 5) is 22.9. The Morgan fingerprint density at radius 3 is 2.61 bits per heavy atom. The second-order valence-electron chi connectivity index (χ2n) is 4.57. The molecule has 18 heavy (non-hydrogen) atoms. The van der Waals surface area contributed by atoms with Gasteiger partial charge in [0.2, 0.25) is 5.91 Å². The van der Waals surface area contributed by atoms with E-state index in [1.807, 2.05) is 0 Å². The topological polar surface area (TPSA) is 84.9 Å². The summed E-state index contributed by atoms with van der Waals surface area (Å²) >= 11 is 0. The zero-order valence-electron chi connectivity index (χ0n) is 10.7. The lowest BCUT2D eigenvalue weighted by atomic mass is 9.80. The summed E-state index contributed by atoms with van der Waals surface area (Å²) in [5, 5.41) is 12.0. The van der Waals surface area contributed by atoms with Crippen LogP contribution < -0.4 is 5.32 Å². The Bertz CT molecular complexity index is 286. The first-order chi connectivity index (χ1) is 8.60. The minimum Gasteiger partial charge on any atom is -0.481 e. The highest BCUT2D eigenvalue weighted by Gasteiger charge is 2.40. The third kappa shape index (κ3) is 4.27. The zero-order valence-corrected chi connectivity index (χ0v) is 10.7. The van der Waals surface area contributed by atoms with Gasteiger partial charge in [-0.05, 0) is 19.3 Å². The fraction of sp³-hybridized carbons (Fsp3) is 0.833. The fourth-order valence-corrected chi connectivity index (χ4v) is 1.96. The molecule has 1 fully saturated rings. The highest BCUT2D eigenvalue weighted by Crippen LogP contribution is 2.30. The maximum Gasteiger partial charge on any atom is 0.311 e. The lowest BCUT2D eigenvalue weighted by Gasteiger charge is -2.33. The molecule has 0 saturated carbocycles. The van der Waals surface area contributed by atoms with Crippen molar-refractivity contribution in [2.24, 2.45) is 5.41 Å². The molecule has 6 heteroatoms. The van der Waals surface area contributed by atoms with Crippen LogP contribution >= 0.6 is 0 Å². The second kappa shape index (κ2) is 7.33. The molecule has 0 spiro atoms. The molecule has 1 saturated heterocycles. The summed E-state index contributed by atoms with van der Waals surface area (Å²) < 4.78 is 10.0. The summed E-state index contributed by atoms with van der Waals surface area (Å²) in [6, 6.07) is 0. The van der Waals surface area contributed by atoms with E-state index in [1.54, 1.807) is 7.11 Å². The number of hydrogen-bond donors (Lipinski definition) is 2. The van der Waals surface area contributed by atoms with E-state index in [9.17, 15) is 14.7 Å². The molecular weight excluding hydrogens is 238 g/mol. The molecule has 2 N–H and O–H groups in total. The normalized spacial score (nSPS) is 18.3. The van der Waals surface area contributed by atoms with Crippen LogP contribution in [0.1, 0.15) is 25.7 Å². The number of nitrogens with one attached hydrogen (secondary N) is 1. The number of rotatable bonds is 7. The van der Waals surface area contributed by atoms with E-state index in [0.717, 1.165) is 0 Å². The summed E-state index contributed by atoms with van der Waals surface area (Å²) in [6.07, 6.45) is 1.90. The van der Waals surface area contributed by atoms with Crippen LogP contribution in [0.4, 0.5) is 0 Å². The molecule has 0 atom stereocenters. The largest absolute Gasteiger partial charge is 0.481 e. The standard InChI is InChI=1S/C12H21NO5/c1-17-6-2-3-10(14)13-9-12(11(15)16)4-7-18-8-5-12/h2-9H2,1H3,(H,13,14)(H,15,16). The lowest BCUT2D eigenvalue weighted by molar-refractivity contribution is -0.154. The van der Waals surface area contributed by atoms with Gasteiger partial charge in [0.25, 0.3) is 0 Å². The maximum atomic E-state index is 11.5. The van der Waals surface area contributed by atoms with Gasteiger partial charge >= 0.3 is 5.97 Å². The van der Waals surface area contributed by atoms with Gasteiger partial charge in [-0.1, -0.05) is 0 Å². The summed E-state index contributed by atoms with van der Waals surface area (Å²) in [7, 11) is 1.58. The molecular formula is C12H21NO5. The van der Waals surface area contributed by atoms with E-state index < -0.39 is 11.4 Å². The van der Waals surface area contributed by atoms with Crippen molar-refractivity contribution in [2.75, 3.05) is 33.5 Å². The molecule has 1 aliphatic heterocycles. The van der Waals surface area contributed by atoms with Crippen LogP contribution in [0.3, 0.4) is 0 Å². The Labute approximate surface area is 107 Å². The molecule has 104 valence electrons. The molecule has 1 heterocycles. The molecule has 0 radical (unpaired) electrons. The monoisotopic (exact) mass is 259 g/mol. The Morgan fingerprint density at radius 2 is 2.06 bits per heavy atom. The quantitative estimate of drug-likeness (QED) is 0.647. The highest BCUT2D eigenvalue weighted by atomic mass is 16.5. The highest BCUT2D eigenvalue weighted by molar-refractivity contribution is 5.79. The smallest absolute Gasteiger partial charge is 0.311 e. The van der Waals surface area contributed by atoms with E-state index in [1.165, 1.54) is 0 Å². The van der Waals surface area contributed by atoms with Gasteiger partial charge in [0.1, 0.15) is 0 Å². The number of carboxylic acids is 1. The fourth-order valence-electron chi connectivity index (χ4n) is 1.96. The van der Waals surface area contributed by atoms with Crippen molar-refractivity contribution in [3.63, 3.8) is 0 Å². The van der Waals surface area contributed by atoms with Crippen LogP contribution in [0.5, 0.6) is 0 Å². The van der Waals surface area contributed by atoms with Crippen LogP contribution in [-0.4, -0.2) is 50.5 Å². The van der Waals surface area contributed by atoms with Crippen molar-refractivity contribution >= 4 is 11.9 Å². The lowest BCUT2D eigenvalue weighted by Crippen LogP contribution is -2.46. The number of carbonyl (C=O) groups is 2. The van der Waals surface area contributed by atoms with E-state index in [4.69, 9.17) is 9.47 Å². The minimum atomic E-state index is -0.866. The Morgan fingerprint density at radius 1 is 1.39 bits per heavy atom. The van der Waals surface area contributed by atoms with Gasteiger partial charge < -0.3 is 19.9 Å². The van der Waals surface area contributed by atoms with Gasteiger partial charge in [-0.3, -0.25) is 9.59 Å². The van der Waals surface area contributed by atoms with Gasteiger partial charge in [0.15, 0.2) is 0 Å². The van der Waals surface area contributed by atoms with Gasteiger partial charge in [-0.15, -0.1) is 0 Å². The summed E-state index contributed by atoms with van der Waals surface area (Å²) in [5.74, 6) is -0.984. The predicted octanol–water partition coefficient (Wildman–Crippen LogP) is 0.411. The number of amides is 1. The maximum absolute atomic E-state index is 11.5. The number of carbonyl (C=O) groups excluding carboxylic acids is 1. The molecule has 0 aromatic heterocycles. The van der Waals surface area contributed by atoms with E-state index in [0.29, 0.717) is 45.5 Å². The summed E-state index contributed by atoms with van der Waals surface area (Å²) in [5.41, 5.74) is -0.866. The first-order valence-corrected chi connectivity index (χ1v) is 6.17. The van der Waals surface area contributed by atoms with Gasteiger partial charge in [0, 0.05) is 39.9 Å². The number of ether oxygens (including phenoxy) is 2.